The minimum Gasteiger partial charge on any atom is -0.477 e. The van der Waals surface area contributed by atoms with Crippen molar-refractivity contribution in [1.29, 1.82) is 0 Å². The summed E-state index contributed by atoms with van der Waals surface area (Å²) in [5, 5.41) is 20.6. The van der Waals surface area contributed by atoms with Crippen LogP contribution in [0.5, 0.6) is 0 Å². The van der Waals surface area contributed by atoms with Crippen LogP contribution in [0.4, 0.5) is 10.1 Å². The van der Waals surface area contributed by atoms with E-state index >= 15 is 0 Å². The number of nitrogens with zero attached hydrogens (tertiary/aromatic N) is 2. The highest BCUT2D eigenvalue weighted by Crippen LogP contribution is 2.32. The van der Waals surface area contributed by atoms with Crippen LogP contribution >= 0.6 is 11.6 Å². The van der Waals surface area contributed by atoms with Crippen LogP contribution in [0.1, 0.15) is 48.5 Å². The molecule has 0 bridgehead atoms. The van der Waals surface area contributed by atoms with Crippen molar-refractivity contribution in [3.63, 3.8) is 0 Å². The van der Waals surface area contributed by atoms with Gasteiger partial charge in [-0.15, -0.1) is 0 Å². The fourth-order valence-electron chi connectivity index (χ4n) is 4.27. The zero-order valence-electron chi connectivity index (χ0n) is 19.8. The Morgan fingerprint density at radius 1 is 1.20 bits per heavy atom. The zero-order chi connectivity index (χ0) is 25.5. The molecular weight excluding hydrogens is 475 g/mol. The fourth-order valence-corrected chi connectivity index (χ4v) is 4.50. The van der Waals surface area contributed by atoms with E-state index in [1.165, 1.54) is 10.8 Å². The summed E-state index contributed by atoms with van der Waals surface area (Å²) in [7, 11) is 0. The Kier molecular flexibility index (Phi) is 6.90. The molecule has 1 aliphatic rings. The molecule has 2 N–H and O–H groups in total. The lowest BCUT2D eigenvalue weighted by Crippen LogP contribution is -2.36. The molecule has 9 heteroatoms. The largest absolute Gasteiger partial charge is 0.477 e. The maximum Gasteiger partial charge on any atom is 0.341 e. The van der Waals surface area contributed by atoms with Crippen LogP contribution in [0.15, 0.2) is 41.3 Å². The van der Waals surface area contributed by atoms with Crippen molar-refractivity contribution in [2.75, 3.05) is 31.2 Å². The topological polar surface area (TPSA) is 92.0 Å². The third-order valence-electron chi connectivity index (χ3n) is 6.22. The molecule has 4 rings (SSSR count). The normalized spacial score (nSPS) is 15.4. The SMILES string of the molecule is CC(C)(C)[C@@H](O)n1cc(C(=O)O)c(=O)c2cc(Cc3cc(N4CCOCC4)cc(Cl)c3F)ccc21. The molecule has 2 aromatic carbocycles. The Morgan fingerprint density at radius 3 is 2.51 bits per heavy atom. The summed E-state index contributed by atoms with van der Waals surface area (Å²) >= 11 is 6.20. The number of morpholine rings is 1. The van der Waals surface area contributed by atoms with Crippen LogP contribution in [-0.2, 0) is 11.2 Å². The van der Waals surface area contributed by atoms with Crippen LogP contribution in [-0.4, -0.2) is 47.1 Å². The van der Waals surface area contributed by atoms with E-state index in [1.54, 1.807) is 30.3 Å². The molecule has 186 valence electrons. The first-order chi connectivity index (χ1) is 16.5. The number of rotatable bonds is 5. The van der Waals surface area contributed by atoms with Crippen LogP contribution in [0.2, 0.25) is 5.02 Å². The number of hydrogen-bond donors (Lipinski definition) is 2. The van der Waals surface area contributed by atoms with Crippen LogP contribution < -0.4 is 10.3 Å². The number of carbonyl (C=O) groups is 1. The third-order valence-corrected chi connectivity index (χ3v) is 6.50. The second-order valence-corrected chi connectivity index (χ2v) is 10.3. The lowest BCUT2D eigenvalue weighted by atomic mass is 9.93. The molecule has 1 saturated heterocycles. The molecule has 0 radical (unpaired) electrons. The van der Waals surface area contributed by atoms with Crippen molar-refractivity contribution in [1.82, 2.24) is 4.57 Å². The molecule has 0 unspecified atom stereocenters. The van der Waals surface area contributed by atoms with Gasteiger partial charge in [-0.2, -0.15) is 0 Å². The molecule has 35 heavy (non-hydrogen) atoms. The highest BCUT2D eigenvalue weighted by Gasteiger charge is 2.27. The predicted molar refractivity (Wildman–Crippen MR) is 133 cm³/mol. The smallest absolute Gasteiger partial charge is 0.341 e. The number of carboxylic acids is 1. The molecule has 2 heterocycles. The molecule has 1 fully saturated rings. The Hall–Kier alpha value is -2.94. The van der Waals surface area contributed by atoms with Crippen LogP contribution in [0.3, 0.4) is 0 Å². The maximum absolute atomic E-state index is 14.9. The summed E-state index contributed by atoms with van der Waals surface area (Å²) in [5.41, 5.74) is 0.446. The second-order valence-electron chi connectivity index (χ2n) is 9.85. The van der Waals surface area contributed by atoms with E-state index in [0.29, 0.717) is 42.9 Å². The average Bonchev–Trinajstić information content (AvgIpc) is 2.81. The van der Waals surface area contributed by atoms with E-state index in [1.807, 2.05) is 20.8 Å². The molecule has 0 amide bonds. The van der Waals surface area contributed by atoms with Crippen molar-refractivity contribution in [2.24, 2.45) is 5.41 Å². The first kappa shape index (κ1) is 25.2. The zero-order valence-corrected chi connectivity index (χ0v) is 20.6. The van der Waals surface area contributed by atoms with Gasteiger partial charge in [0, 0.05) is 42.2 Å². The Morgan fingerprint density at radius 2 is 1.89 bits per heavy atom. The monoisotopic (exact) mass is 502 g/mol. The van der Waals surface area contributed by atoms with E-state index in [4.69, 9.17) is 16.3 Å². The molecule has 0 saturated carbocycles. The van der Waals surface area contributed by atoms with Gasteiger partial charge >= 0.3 is 5.97 Å². The van der Waals surface area contributed by atoms with E-state index < -0.39 is 34.4 Å². The van der Waals surface area contributed by atoms with E-state index in [9.17, 15) is 24.2 Å². The molecule has 7 nitrogen and oxygen atoms in total. The van der Waals surface area contributed by atoms with Crippen molar-refractivity contribution < 1.29 is 24.1 Å². The Bertz CT molecular complexity index is 1340. The number of halogens is 2. The van der Waals surface area contributed by atoms with Gasteiger partial charge < -0.3 is 24.4 Å². The number of fused-ring (bicyclic) bond motifs is 1. The highest BCUT2D eigenvalue weighted by molar-refractivity contribution is 6.31. The van der Waals surface area contributed by atoms with Crippen molar-refractivity contribution in [2.45, 2.75) is 33.4 Å². The van der Waals surface area contributed by atoms with Gasteiger partial charge in [0.15, 0.2) is 0 Å². The minimum absolute atomic E-state index is 0.00796. The fraction of sp³-hybridized carbons (Fsp3) is 0.385. The number of aromatic carboxylic acids is 1. The Labute approximate surface area is 207 Å². The quantitative estimate of drug-likeness (QED) is 0.535. The summed E-state index contributed by atoms with van der Waals surface area (Å²) in [6.07, 6.45) is 0.252. The standard InChI is InChI=1S/C26H28ClFN2O5/c1-26(2,3)25(34)30-14-19(24(32)33)23(31)18-11-15(4-5-21(18)30)10-16-12-17(13-20(27)22(16)28)29-6-8-35-9-7-29/h4-5,11-14,25,34H,6-10H2,1-3H3,(H,32,33)/t25-/m1/s1. The van der Waals surface area contributed by atoms with Gasteiger partial charge in [0.25, 0.3) is 0 Å². The predicted octanol–water partition coefficient (Wildman–Crippen LogP) is 4.46. The van der Waals surface area contributed by atoms with Crippen LogP contribution in [0.25, 0.3) is 10.9 Å². The van der Waals surface area contributed by atoms with Crippen LogP contribution in [0, 0.1) is 11.2 Å². The summed E-state index contributed by atoms with van der Waals surface area (Å²) in [6, 6.07) is 8.29. The van der Waals surface area contributed by atoms with Crippen molar-refractivity contribution in [3.8, 4) is 0 Å². The first-order valence-corrected chi connectivity index (χ1v) is 11.7. The summed E-state index contributed by atoms with van der Waals surface area (Å²) < 4.78 is 21.7. The van der Waals surface area contributed by atoms with Gasteiger partial charge in [-0.1, -0.05) is 38.4 Å². The summed E-state index contributed by atoms with van der Waals surface area (Å²) in [6.45, 7) is 7.93. The van der Waals surface area contributed by atoms with Gasteiger partial charge in [-0.3, -0.25) is 4.79 Å². The van der Waals surface area contributed by atoms with E-state index in [2.05, 4.69) is 4.90 Å². The number of aliphatic hydroxyl groups is 1. The molecule has 1 atom stereocenters. The first-order valence-electron chi connectivity index (χ1n) is 11.4. The van der Waals surface area contributed by atoms with Gasteiger partial charge in [0.2, 0.25) is 5.43 Å². The Balaban J connectivity index is 1.80. The van der Waals surface area contributed by atoms with E-state index in [-0.39, 0.29) is 16.8 Å². The molecule has 3 aromatic rings. The summed E-state index contributed by atoms with van der Waals surface area (Å²) in [5.74, 6) is -1.92. The number of benzene rings is 2. The van der Waals surface area contributed by atoms with Gasteiger partial charge in [-0.05, 0) is 35.4 Å². The van der Waals surface area contributed by atoms with Gasteiger partial charge in [0.05, 0.1) is 23.8 Å². The number of pyridine rings is 1. The maximum atomic E-state index is 14.9. The average molecular weight is 503 g/mol. The number of aromatic nitrogens is 1. The molecule has 1 aromatic heterocycles. The summed E-state index contributed by atoms with van der Waals surface area (Å²) in [4.78, 5) is 26.8. The van der Waals surface area contributed by atoms with Crippen molar-refractivity contribution >= 4 is 34.2 Å². The molecule has 1 aliphatic heterocycles. The minimum atomic E-state index is -1.38. The number of ether oxygens (including phenoxy) is 1. The molecule has 0 aliphatic carbocycles. The third kappa shape index (κ3) is 5.05. The van der Waals surface area contributed by atoms with Gasteiger partial charge in [0.1, 0.15) is 17.6 Å². The lowest BCUT2D eigenvalue weighted by Gasteiger charge is -2.30. The lowest BCUT2D eigenvalue weighted by molar-refractivity contribution is 0.00292. The second kappa shape index (κ2) is 9.60. The van der Waals surface area contributed by atoms with Gasteiger partial charge in [-0.25, -0.2) is 9.18 Å². The number of aliphatic hydroxyl groups excluding tert-OH is 1. The van der Waals surface area contributed by atoms with Crippen molar-refractivity contribution in [3.05, 3.63) is 74.3 Å². The molecule has 0 spiro atoms. The number of hydrogen-bond acceptors (Lipinski definition) is 5. The highest BCUT2D eigenvalue weighted by atomic mass is 35.5. The molecular formula is C26H28ClFN2O5. The number of carboxylic acid groups (broad SMARTS) is 1. The number of anilines is 1. The van der Waals surface area contributed by atoms with E-state index in [0.717, 1.165) is 5.69 Å².